The Morgan fingerprint density at radius 1 is 1.26 bits per heavy atom. The van der Waals surface area contributed by atoms with Gasteiger partial charge in [-0.25, -0.2) is 19.0 Å². The predicted molar refractivity (Wildman–Crippen MR) is 154 cm³/mol. The number of hydrogen-bond acceptors (Lipinski definition) is 8. The van der Waals surface area contributed by atoms with Crippen molar-refractivity contribution in [1.82, 2.24) is 24.9 Å². The van der Waals surface area contributed by atoms with E-state index in [1.54, 1.807) is 18.2 Å². The van der Waals surface area contributed by atoms with Crippen molar-refractivity contribution >= 4 is 23.6 Å². The van der Waals surface area contributed by atoms with Gasteiger partial charge in [-0.05, 0) is 67.1 Å². The lowest BCUT2D eigenvalue weighted by molar-refractivity contribution is 0.0548. The first-order valence-corrected chi connectivity index (χ1v) is 12.8. The number of amides is 1. The third-order valence-corrected chi connectivity index (χ3v) is 6.65. The van der Waals surface area contributed by atoms with Crippen molar-refractivity contribution in [2.24, 2.45) is 5.73 Å². The molecule has 220 valence electrons. The molecule has 0 aliphatic heterocycles. The highest BCUT2D eigenvalue weighted by molar-refractivity contribution is 5.96. The topological polar surface area (TPSA) is 162 Å². The van der Waals surface area contributed by atoms with Crippen LogP contribution in [0.4, 0.5) is 4.39 Å². The number of carboxylic acids is 1. The van der Waals surface area contributed by atoms with Crippen molar-refractivity contribution in [1.29, 1.82) is 0 Å². The Morgan fingerprint density at radius 2 is 1.98 bits per heavy atom. The van der Waals surface area contributed by atoms with Crippen molar-refractivity contribution in [3.8, 4) is 0 Å². The normalized spacial score (nSPS) is 14.0. The number of aromatic carboxylic acids is 1. The summed E-state index contributed by atoms with van der Waals surface area (Å²) in [6.45, 7) is 7.39. The summed E-state index contributed by atoms with van der Waals surface area (Å²) in [5, 5.41) is 16.2. The average Bonchev–Trinajstić information content (AvgIpc) is 3.59. The zero-order chi connectivity index (χ0) is 29.7. The number of nitrogens with two attached hydrogens (primary N) is 1. The first-order valence-electron chi connectivity index (χ1n) is 12.8. The molecule has 1 aliphatic rings. The number of rotatable bonds is 7. The third kappa shape index (κ3) is 6.84. The number of benzene rings is 2. The number of hydrogen-bond donors (Lipinski definition) is 3. The largest absolute Gasteiger partial charge is 0.477 e. The van der Waals surface area contributed by atoms with Crippen molar-refractivity contribution in [3.63, 3.8) is 0 Å². The molecule has 4 aromatic rings. The van der Waals surface area contributed by atoms with Gasteiger partial charge in [-0.15, -0.1) is 0 Å². The fourth-order valence-corrected chi connectivity index (χ4v) is 4.55. The number of nitrogens with one attached hydrogen (secondary N) is 1. The van der Waals surface area contributed by atoms with Gasteiger partial charge in [-0.2, -0.15) is 14.6 Å². The molecule has 4 N–H and O–H groups in total. The van der Waals surface area contributed by atoms with Gasteiger partial charge in [0, 0.05) is 12.1 Å². The maximum Gasteiger partial charge on any atom is 0.354 e. The molecule has 0 saturated carbocycles. The molecule has 2 heterocycles. The quantitative estimate of drug-likeness (QED) is 0.214. The molecule has 2 aromatic carbocycles. The zero-order valence-electron chi connectivity index (χ0n) is 22.5. The Morgan fingerprint density at radius 3 is 2.62 bits per heavy atom. The Bertz CT molecular complexity index is 1620. The summed E-state index contributed by atoms with van der Waals surface area (Å²) in [5.74, 6) is -2.37. The van der Waals surface area contributed by atoms with Crippen LogP contribution in [0.1, 0.15) is 86.4 Å². The molecule has 5 rings (SSSR count). The number of aromatic nitrogens is 4. The zero-order valence-corrected chi connectivity index (χ0v) is 22.5. The molecule has 0 fully saturated rings. The lowest BCUT2D eigenvalue weighted by atomic mass is 9.98. The van der Waals surface area contributed by atoms with E-state index in [1.807, 2.05) is 19.9 Å². The second kappa shape index (κ2) is 13.6. The maximum absolute atomic E-state index is 13.0. The lowest BCUT2D eigenvalue weighted by Crippen LogP contribution is -2.29. The van der Waals surface area contributed by atoms with E-state index >= 15 is 0 Å². The molecule has 0 radical (unpaired) electrons. The van der Waals surface area contributed by atoms with E-state index < -0.39 is 17.8 Å². The predicted octanol–water partition coefficient (Wildman–Crippen LogP) is 4.37. The first kappa shape index (κ1) is 31.6. The van der Waals surface area contributed by atoms with Crippen LogP contribution < -0.4 is 11.1 Å². The molecule has 2 aromatic heterocycles. The van der Waals surface area contributed by atoms with Crippen LogP contribution in [0.15, 0.2) is 61.4 Å². The number of carbonyl (C=O) groups is 3. The highest BCUT2D eigenvalue weighted by Crippen LogP contribution is 2.35. The summed E-state index contributed by atoms with van der Waals surface area (Å²) in [5.41, 5.74) is 9.43. The molecule has 1 aliphatic carbocycles. The lowest BCUT2D eigenvalue weighted by Gasteiger charge is -2.16. The van der Waals surface area contributed by atoms with Crippen LogP contribution in [0.25, 0.3) is 5.78 Å². The monoisotopic (exact) mass is 576 g/mol. The smallest absolute Gasteiger partial charge is 0.354 e. The van der Waals surface area contributed by atoms with Crippen LogP contribution in [0.3, 0.4) is 0 Å². The maximum atomic E-state index is 13.0. The minimum atomic E-state index is -1.27. The Balaban J connectivity index is 0.000000374. The summed E-state index contributed by atoms with van der Waals surface area (Å²) in [6, 6.07) is 10.6. The average molecular weight is 577 g/mol. The minimum Gasteiger partial charge on any atom is -0.477 e. The molecular formula is C30H33FN6O5. The highest BCUT2D eigenvalue weighted by atomic mass is 19.1. The van der Waals surface area contributed by atoms with Gasteiger partial charge in [0.05, 0.1) is 11.6 Å². The van der Waals surface area contributed by atoms with E-state index in [9.17, 15) is 23.9 Å². The standard InChI is InChI=1S/C21H19N5O5.C8H10FN.CH4/c1-3-8-31-20(30)13-4-5-14-12(11(13)2)6-7-15(14)24-18(27)17-9-16(19(28)29)25-21-22-10-23-26(17)21;1-6(10)7-2-4-8(9)5-3-7;/h3-5,9-10,15H,1,6-8H2,2H3,(H,24,27)(H,28,29);2-6H,10H2,1H3;1H4/t15-;6-;/m00./s1. The number of carboxylic acid groups (broad SMARTS) is 1. The molecule has 0 spiro atoms. The van der Waals surface area contributed by atoms with Crippen molar-refractivity contribution in [2.45, 2.75) is 46.2 Å². The van der Waals surface area contributed by atoms with Gasteiger partial charge >= 0.3 is 11.9 Å². The van der Waals surface area contributed by atoms with Crippen molar-refractivity contribution in [3.05, 3.63) is 106 Å². The fraction of sp³-hybridized carbons (Fsp3) is 0.267. The molecule has 0 unspecified atom stereocenters. The van der Waals surface area contributed by atoms with E-state index in [-0.39, 0.29) is 49.1 Å². The van der Waals surface area contributed by atoms with Gasteiger partial charge in [0.2, 0.25) is 0 Å². The van der Waals surface area contributed by atoms with Gasteiger partial charge in [-0.3, -0.25) is 4.79 Å². The van der Waals surface area contributed by atoms with Crippen LogP contribution in [0.5, 0.6) is 0 Å². The van der Waals surface area contributed by atoms with Gasteiger partial charge in [0.15, 0.2) is 5.69 Å². The van der Waals surface area contributed by atoms with Gasteiger partial charge in [-0.1, -0.05) is 38.3 Å². The number of halogens is 1. The van der Waals surface area contributed by atoms with Crippen LogP contribution in [0.2, 0.25) is 0 Å². The van der Waals surface area contributed by atoms with E-state index in [0.717, 1.165) is 22.3 Å². The van der Waals surface area contributed by atoms with Crippen molar-refractivity contribution in [2.75, 3.05) is 6.61 Å². The Hall–Kier alpha value is -4.97. The molecule has 1 amide bonds. The van der Waals surface area contributed by atoms with Crippen LogP contribution in [-0.2, 0) is 11.2 Å². The number of ether oxygens (including phenoxy) is 1. The summed E-state index contributed by atoms with van der Waals surface area (Å²) in [7, 11) is 0. The fourth-order valence-electron chi connectivity index (χ4n) is 4.55. The minimum absolute atomic E-state index is 0. The van der Waals surface area contributed by atoms with E-state index in [4.69, 9.17) is 10.5 Å². The summed E-state index contributed by atoms with van der Waals surface area (Å²) < 4.78 is 18.6. The number of nitrogens with zero attached hydrogens (tertiary/aromatic N) is 4. The highest BCUT2D eigenvalue weighted by Gasteiger charge is 2.29. The van der Waals surface area contributed by atoms with E-state index in [1.165, 1.54) is 35.1 Å². The summed E-state index contributed by atoms with van der Waals surface area (Å²) >= 11 is 0. The third-order valence-electron chi connectivity index (χ3n) is 6.65. The molecule has 42 heavy (non-hydrogen) atoms. The molecule has 12 heteroatoms. The number of carbonyl (C=O) groups excluding carboxylic acids is 2. The Kier molecular flexibility index (Phi) is 10.2. The summed E-state index contributed by atoms with van der Waals surface area (Å²) in [4.78, 5) is 44.3. The van der Waals surface area contributed by atoms with Crippen LogP contribution in [0, 0.1) is 12.7 Å². The second-order valence-corrected chi connectivity index (χ2v) is 9.40. The first-order chi connectivity index (χ1) is 19.6. The van der Waals surface area contributed by atoms with E-state index in [0.29, 0.717) is 18.4 Å². The van der Waals surface area contributed by atoms with Crippen LogP contribution in [-0.4, -0.2) is 49.1 Å². The van der Waals surface area contributed by atoms with E-state index in [2.05, 4.69) is 27.0 Å². The molecule has 0 bridgehead atoms. The molecule has 2 atom stereocenters. The molecular weight excluding hydrogens is 543 g/mol. The van der Waals surface area contributed by atoms with Gasteiger partial charge in [0.1, 0.15) is 24.4 Å². The SMILES string of the molecule is C.C=CCOC(=O)c1ccc2c(c1C)CC[C@@H]2NC(=O)c1cc(C(=O)O)nc2ncnn12.C[C@H](N)c1ccc(F)cc1. The Labute approximate surface area is 242 Å². The second-order valence-electron chi connectivity index (χ2n) is 9.40. The molecule has 0 saturated heterocycles. The van der Waals surface area contributed by atoms with Gasteiger partial charge < -0.3 is 20.9 Å². The van der Waals surface area contributed by atoms with Crippen molar-refractivity contribution < 1.29 is 28.6 Å². The molecule has 11 nitrogen and oxygen atoms in total. The van der Waals surface area contributed by atoms with Crippen LogP contribution >= 0.6 is 0 Å². The summed E-state index contributed by atoms with van der Waals surface area (Å²) in [6.07, 6.45) is 4.04. The number of fused-ring (bicyclic) bond motifs is 2. The number of esters is 1. The van der Waals surface area contributed by atoms with Gasteiger partial charge in [0.25, 0.3) is 11.7 Å².